The Labute approximate surface area is 185 Å². The van der Waals surface area contributed by atoms with Crippen LogP contribution in [0.3, 0.4) is 0 Å². The number of carbonyl (C=O) groups excluding carboxylic acids is 2. The maximum atomic E-state index is 13.0. The van der Waals surface area contributed by atoms with Gasteiger partial charge in [0, 0.05) is 18.0 Å². The van der Waals surface area contributed by atoms with Gasteiger partial charge in [-0.05, 0) is 65.3 Å². The topological polar surface area (TPSA) is 119 Å². The number of carbonyl (C=O) groups is 2. The lowest BCUT2D eigenvalue weighted by molar-refractivity contribution is 0.0429. The van der Waals surface area contributed by atoms with Gasteiger partial charge in [0.1, 0.15) is 23.0 Å². The van der Waals surface area contributed by atoms with Crippen molar-refractivity contribution >= 4 is 23.5 Å². The second-order valence-corrected chi connectivity index (χ2v) is 9.14. The molecule has 32 heavy (non-hydrogen) atoms. The van der Waals surface area contributed by atoms with Gasteiger partial charge in [0.05, 0.1) is 12.3 Å². The van der Waals surface area contributed by atoms with Crippen molar-refractivity contribution in [2.45, 2.75) is 59.4 Å². The molecule has 0 radical (unpaired) electrons. The zero-order valence-corrected chi connectivity index (χ0v) is 19.0. The molecule has 0 aliphatic rings. The molecule has 0 bridgehead atoms. The van der Waals surface area contributed by atoms with Crippen molar-refractivity contribution < 1.29 is 24.2 Å². The molecule has 3 heterocycles. The van der Waals surface area contributed by atoms with Gasteiger partial charge in [-0.1, -0.05) is 0 Å². The second-order valence-electron chi connectivity index (χ2n) is 9.14. The Balaban J connectivity index is 2.13. The lowest BCUT2D eigenvalue weighted by atomic mass is 10.1. The predicted molar refractivity (Wildman–Crippen MR) is 117 cm³/mol. The highest BCUT2D eigenvalue weighted by atomic mass is 16.6. The van der Waals surface area contributed by atoms with Crippen molar-refractivity contribution in [1.29, 1.82) is 0 Å². The zero-order chi connectivity index (χ0) is 23.7. The third kappa shape index (κ3) is 5.20. The molecule has 0 saturated carbocycles. The quantitative estimate of drug-likeness (QED) is 0.649. The van der Waals surface area contributed by atoms with Gasteiger partial charge in [-0.3, -0.25) is 4.98 Å². The van der Waals surface area contributed by atoms with E-state index in [-0.39, 0.29) is 12.4 Å². The molecule has 0 saturated heterocycles. The molecular weight excluding hydrogens is 414 g/mol. The van der Waals surface area contributed by atoms with Crippen molar-refractivity contribution in [2.75, 3.05) is 4.90 Å². The molecule has 3 aromatic heterocycles. The zero-order valence-electron chi connectivity index (χ0n) is 19.0. The Bertz CT molecular complexity index is 1120. The Hall–Kier alpha value is -3.53. The van der Waals surface area contributed by atoms with Crippen LogP contribution in [0, 0.1) is 0 Å². The molecule has 10 nitrogen and oxygen atoms in total. The molecule has 3 rings (SSSR count). The summed E-state index contributed by atoms with van der Waals surface area (Å²) in [5.41, 5.74) is 0.667. The Morgan fingerprint density at radius 1 is 1.03 bits per heavy atom. The highest BCUT2D eigenvalue weighted by Gasteiger charge is 2.35. The summed E-state index contributed by atoms with van der Waals surface area (Å²) in [7, 11) is 0. The third-order valence-corrected chi connectivity index (χ3v) is 4.07. The molecule has 0 aromatic carbocycles. The first kappa shape index (κ1) is 23.1. The number of ether oxygens (including phenoxy) is 2. The van der Waals surface area contributed by atoms with Crippen LogP contribution in [0.25, 0.3) is 16.8 Å². The Morgan fingerprint density at radius 2 is 1.66 bits per heavy atom. The fourth-order valence-electron chi connectivity index (χ4n) is 2.89. The monoisotopic (exact) mass is 441 g/mol. The van der Waals surface area contributed by atoms with E-state index in [2.05, 4.69) is 15.1 Å². The van der Waals surface area contributed by atoms with E-state index in [4.69, 9.17) is 9.47 Å². The number of hydrogen-bond acceptors (Lipinski definition) is 8. The van der Waals surface area contributed by atoms with Crippen LogP contribution in [0.4, 0.5) is 15.4 Å². The van der Waals surface area contributed by atoms with Gasteiger partial charge in [0.2, 0.25) is 0 Å². The summed E-state index contributed by atoms with van der Waals surface area (Å²) in [4.78, 5) is 35.1. The minimum absolute atomic E-state index is 0.0148. The van der Waals surface area contributed by atoms with Gasteiger partial charge in [-0.2, -0.15) is 10.00 Å². The lowest BCUT2D eigenvalue weighted by Gasteiger charge is -2.28. The number of nitrogens with zero attached hydrogens (tertiary/aromatic N) is 5. The third-order valence-electron chi connectivity index (χ3n) is 4.07. The molecule has 0 aliphatic heterocycles. The molecule has 0 atom stereocenters. The number of aromatic nitrogens is 4. The average Bonchev–Trinajstić information content (AvgIpc) is 3.10. The summed E-state index contributed by atoms with van der Waals surface area (Å²) in [6.45, 7) is 10.0. The molecule has 3 aromatic rings. The smallest absolute Gasteiger partial charge is 0.425 e. The first-order valence-corrected chi connectivity index (χ1v) is 10.0. The van der Waals surface area contributed by atoms with Crippen LogP contribution in [0.2, 0.25) is 0 Å². The first-order valence-electron chi connectivity index (χ1n) is 10.0. The number of imide groups is 1. The van der Waals surface area contributed by atoms with Gasteiger partial charge < -0.3 is 14.6 Å². The summed E-state index contributed by atoms with van der Waals surface area (Å²) >= 11 is 0. The van der Waals surface area contributed by atoms with Crippen LogP contribution in [0.15, 0.2) is 36.9 Å². The molecular formula is C22H27N5O5. The molecule has 0 fully saturated rings. The van der Waals surface area contributed by atoms with E-state index in [1.54, 1.807) is 72.1 Å². The van der Waals surface area contributed by atoms with E-state index in [0.29, 0.717) is 22.3 Å². The van der Waals surface area contributed by atoms with Crippen LogP contribution in [0.1, 0.15) is 47.1 Å². The van der Waals surface area contributed by atoms with E-state index in [1.807, 2.05) is 0 Å². The van der Waals surface area contributed by atoms with Crippen molar-refractivity contribution in [3.63, 3.8) is 0 Å². The maximum Gasteiger partial charge on any atom is 0.425 e. The molecule has 2 amide bonds. The van der Waals surface area contributed by atoms with E-state index >= 15 is 0 Å². The first-order chi connectivity index (χ1) is 14.9. The van der Waals surface area contributed by atoms with Crippen LogP contribution >= 0.6 is 0 Å². The van der Waals surface area contributed by atoms with Crippen molar-refractivity contribution in [2.24, 2.45) is 0 Å². The number of pyridine rings is 1. The van der Waals surface area contributed by atoms with E-state index in [1.165, 1.54) is 10.8 Å². The van der Waals surface area contributed by atoms with Gasteiger partial charge in [-0.25, -0.2) is 19.1 Å². The summed E-state index contributed by atoms with van der Waals surface area (Å²) in [5.74, 6) is 0.0148. The van der Waals surface area contributed by atoms with E-state index in [9.17, 15) is 14.7 Å². The Kier molecular flexibility index (Phi) is 6.18. The van der Waals surface area contributed by atoms with E-state index < -0.39 is 23.4 Å². The number of amides is 2. The Morgan fingerprint density at radius 3 is 2.22 bits per heavy atom. The highest BCUT2D eigenvalue weighted by molar-refractivity contribution is 6.11. The number of rotatable bonds is 3. The lowest BCUT2D eigenvalue weighted by Crippen LogP contribution is -2.44. The van der Waals surface area contributed by atoms with Crippen molar-refractivity contribution in [3.8, 4) is 11.3 Å². The molecule has 10 heteroatoms. The molecule has 0 spiro atoms. The normalized spacial score (nSPS) is 12.0. The van der Waals surface area contributed by atoms with Gasteiger partial charge >= 0.3 is 12.2 Å². The average molecular weight is 441 g/mol. The number of aliphatic hydroxyl groups excluding tert-OH is 1. The van der Waals surface area contributed by atoms with E-state index in [0.717, 1.165) is 4.90 Å². The van der Waals surface area contributed by atoms with Crippen molar-refractivity contribution in [3.05, 3.63) is 42.5 Å². The molecule has 1 N–H and O–H groups in total. The summed E-state index contributed by atoms with van der Waals surface area (Å²) < 4.78 is 12.4. The van der Waals surface area contributed by atoms with Crippen LogP contribution in [-0.4, -0.2) is 48.1 Å². The summed E-state index contributed by atoms with van der Waals surface area (Å²) in [6, 6.07) is 5.21. The standard InChI is InChI=1S/C22H27N5O5/c1-21(2,3)31-19(29)26(20(30)32-22(4,5)6)18-17-8-7-16(27(17)25-13-24-18)15-9-14(12-28)10-23-11-15/h7-11,13,28H,12H2,1-6H3. The molecule has 0 unspecified atom stereocenters. The van der Waals surface area contributed by atoms with Gasteiger partial charge in [-0.15, -0.1) is 0 Å². The number of hydrogen-bond donors (Lipinski definition) is 1. The predicted octanol–water partition coefficient (Wildman–Crippen LogP) is 3.96. The van der Waals surface area contributed by atoms with Gasteiger partial charge in [0.25, 0.3) is 0 Å². The van der Waals surface area contributed by atoms with Crippen LogP contribution in [-0.2, 0) is 16.1 Å². The fourth-order valence-corrected chi connectivity index (χ4v) is 2.89. The summed E-state index contributed by atoms with van der Waals surface area (Å²) in [6.07, 6.45) is 2.59. The van der Waals surface area contributed by atoms with Crippen LogP contribution in [0.5, 0.6) is 0 Å². The largest absolute Gasteiger partial charge is 0.443 e. The van der Waals surface area contributed by atoms with Crippen LogP contribution < -0.4 is 4.90 Å². The minimum Gasteiger partial charge on any atom is -0.443 e. The van der Waals surface area contributed by atoms with Crippen molar-refractivity contribution in [1.82, 2.24) is 19.6 Å². The second kappa shape index (κ2) is 8.54. The minimum atomic E-state index is -0.918. The highest BCUT2D eigenvalue weighted by Crippen LogP contribution is 2.28. The summed E-state index contributed by atoms with van der Waals surface area (Å²) in [5, 5.41) is 13.7. The molecule has 170 valence electrons. The number of fused-ring (bicyclic) bond motifs is 1. The maximum absolute atomic E-state index is 13.0. The number of aliphatic hydroxyl groups is 1. The number of anilines is 1. The molecule has 0 aliphatic carbocycles. The fraction of sp³-hybridized carbons (Fsp3) is 0.409. The SMILES string of the molecule is CC(C)(C)OC(=O)N(C(=O)OC(C)(C)C)c1ncnn2c(-c3cncc(CO)c3)ccc12. The van der Waals surface area contributed by atoms with Gasteiger partial charge in [0.15, 0.2) is 5.82 Å².